The maximum absolute atomic E-state index is 11.9. The average Bonchev–Trinajstić information content (AvgIpc) is 2.94. The summed E-state index contributed by atoms with van der Waals surface area (Å²) in [5.74, 6) is -0.535. The van der Waals surface area contributed by atoms with Crippen LogP contribution in [0.4, 0.5) is 5.13 Å². The van der Waals surface area contributed by atoms with Crippen molar-refractivity contribution in [2.45, 2.75) is 6.42 Å². The van der Waals surface area contributed by atoms with Gasteiger partial charge in [0.1, 0.15) is 5.69 Å². The zero-order chi connectivity index (χ0) is 15.2. The predicted molar refractivity (Wildman–Crippen MR) is 80.0 cm³/mol. The van der Waals surface area contributed by atoms with Crippen molar-refractivity contribution in [1.29, 1.82) is 0 Å². The molecule has 0 bridgehead atoms. The number of hydroxylamine groups is 2. The van der Waals surface area contributed by atoms with E-state index >= 15 is 0 Å². The molecule has 0 aliphatic rings. The lowest BCUT2D eigenvalue weighted by atomic mass is 10.1. The second kappa shape index (κ2) is 6.96. The van der Waals surface area contributed by atoms with Crippen LogP contribution >= 0.6 is 11.3 Å². The third-order valence-electron chi connectivity index (χ3n) is 2.74. The third kappa shape index (κ3) is 4.11. The van der Waals surface area contributed by atoms with Gasteiger partial charge >= 0.3 is 0 Å². The summed E-state index contributed by atoms with van der Waals surface area (Å²) in [6.07, 6.45) is 0.266. The normalized spacial score (nSPS) is 10.2. The molecule has 0 saturated carbocycles. The van der Waals surface area contributed by atoms with Gasteiger partial charge in [-0.1, -0.05) is 30.3 Å². The Bertz CT molecular complexity index is 627. The Balaban J connectivity index is 1.96. The Hall–Kier alpha value is -2.25. The van der Waals surface area contributed by atoms with E-state index in [9.17, 15) is 9.59 Å². The Labute approximate surface area is 126 Å². The summed E-state index contributed by atoms with van der Waals surface area (Å²) in [6.45, 7) is 0. The molecule has 1 N–H and O–H groups in total. The number of amides is 2. The number of carbonyl (C=O) groups excluding carboxylic acids is 2. The van der Waals surface area contributed by atoms with Crippen LogP contribution in [0.2, 0.25) is 0 Å². The molecule has 1 heterocycles. The van der Waals surface area contributed by atoms with E-state index in [1.165, 1.54) is 25.5 Å². The van der Waals surface area contributed by atoms with Crippen molar-refractivity contribution in [2.75, 3.05) is 19.5 Å². The number of carbonyl (C=O) groups is 2. The van der Waals surface area contributed by atoms with Crippen molar-refractivity contribution in [3.05, 3.63) is 47.0 Å². The van der Waals surface area contributed by atoms with Crippen LogP contribution in [0.1, 0.15) is 16.1 Å². The van der Waals surface area contributed by atoms with Crippen LogP contribution < -0.4 is 5.32 Å². The first-order valence-electron chi connectivity index (χ1n) is 6.21. The predicted octanol–water partition coefficient (Wildman–Crippen LogP) is 1.96. The summed E-state index contributed by atoms with van der Waals surface area (Å²) < 4.78 is 0. The summed E-state index contributed by atoms with van der Waals surface area (Å²) in [4.78, 5) is 32.6. The molecule has 0 aliphatic heterocycles. The number of benzene rings is 1. The van der Waals surface area contributed by atoms with Crippen LogP contribution in [0.15, 0.2) is 35.7 Å². The molecular formula is C14H15N3O3S. The van der Waals surface area contributed by atoms with E-state index in [-0.39, 0.29) is 23.9 Å². The summed E-state index contributed by atoms with van der Waals surface area (Å²) in [5.41, 5.74) is 1.15. The number of hydrogen-bond acceptors (Lipinski definition) is 5. The molecule has 1 aromatic heterocycles. The largest absolute Gasteiger partial charge is 0.302 e. The molecule has 6 nitrogen and oxygen atoms in total. The molecule has 0 saturated heterocycles. The Morgan fingerprint density at radius 2 is 2.05 bits per heavy atom. The van der Waals surface area contributed by atoms with E-state index in [0.717, 1.165) is 10.6 Å². The van der Waals surface area contributed by atoms with Crippen molar-refractivity contribution < 1.29 is 14.4 Å². The fourth-order valence-corrected chi connectivity index (χ4v) is 2.32. The molecule has 2 amide bonds. The van der Waals surface area contributed by atoms with E-state index in [0.29, 0.717) is 5.13 Å². The summed E-state index contributed by atoms with van der Waals surface area (Å²) in [6, 6.07) is 9.41. The number of nitrogens with zero attached hydrogens (tertiary/aromatic N) is 2. The SMILES string of the molecule is CON(C)C(=O)c1csc(NC(=O)Cc2ccccc2)n1. The summed E-state index contributed by atoms with van der Waals surface area (Å²) >= 11 is 1.20. The van der Waals surface area contributed by atoms with Crippen LogP contribution in [-0.2, 0) is 16.1 Å². The first-order valence-corrected chi connectivity index (χ1v) is 7.09. The fraction of sp³-hybridized carbons (Fsp3) is 0.214. The smallest absolute Gasteiger partial charge is 0.296 e. The van der Waals surface area contributed by atoms with Gasteiger partial charge in [-0.15, -0.1) is 11.3 Å². The van der Waals surface area contributed by atoms with Gasteiger partial charge in [0.05, 0.1) is 13.5 Å². The minimum Gasteiger partial charge on any atom is -0.302 e. The monoisotopic (exact) mass is 305 g/mol. The Kier molecular flexibility index (Phi) is 5.02. The highest BCUT2D eigenvalue weighted by atomic mass is 32.1. The average molecular weight is 305 g/mol. The zero-order valence-electron chi connectivity index (χ0n) is 11.7. The number of rotatable bonds is 5. The van der Waals surface area contributed by atoms with Gasteiger partial charge in [-0.3, -0.25) is 14.4 Å². The maximum Gasteiger partial charge on any atom is 0.296 e. The molecular weight excluding hydrogens is 290 g/mol. The van der Waals surface area contributed by atoms with Gasteiger partial charge in [0, 0.05) is 12.4 Å². The van der Waals surface area contributed by atoms with Gasteiger partial charge in [-0.2, -0.15) is 0 Å². The van der Waals surface area contributed by atoms with E-state index in [2.05, 4.69) is 10.3 Å². The van der Waals surface area contributed by atoms with Gasteiger partial charge in [-0.05, 0) is 5.56 Å². The quantitative estimate of drug-likeness (QED) is 0.857. The lowest BCUT2D eigenvalue weighted by Gasteiger charge is -2.11. The standard InChI is InChI=1S/C14H15N3O3S/c1-17(20-2)13(19)11-9-21-14(15-11)16-12(18)8-10-6-4-3-5-7-10/h3-7,9H,8H2,1-2H3,(H,15,16,18). The third-order valence-corrected chi connectivity index (χ3v) is 3.49. The first-order chi connectivity index (χ1) is 10.1. The Morgan fingerprint density at radius 1 is 1.33 bits per heavy atom. The number of thiazole rings is 1. The summed E-state index contributed by atoms with van der Waals surface area (Å²) in [7, 11) is 2.89. The lowest BCUT2D eigenvalue weighted by molar-refractivity contribution is -0.115. The maximum atomic E-state index is 11.9. The van der Waals surface area contributed by atoms with Crippen molar-refractivity contribution in [2.24, 2.45) is 0 Å². The van der Waals surface area contributed by atoms with Crippen molar-refractivity contribution in [3.63, 3.8) is 0 Å². The molecule has 0 aliphatic carbocycles. The molecule has 0 unspecified atom stereocenters. The second-order valence-corrected chi connectivity index (χ2v) is 5.09. The van der Waals surface area contributed by atoms with Gasteiger partial charge in [0.15, 0.2) is 5.13 Å². The number of hydrogen-bond donors (Lipinski definition) is 1. The molecule has 7 heteroatoms. The second-order valence-electron chi connectivity index (χ2n) is 4.23. The first kappa shape index (κ1) is 15.1. The molecule has 0 spiro atoms. The minimum atomic E-state index is -0.364. The topological polar surface area (TPSA) is 71.5 Å². The highest BCUT2D eigenvalue weighted by molar-refractivity contribution is 7.14. The van der Waals surface area contributed by atoms with Crippen molar-refractivity contribution >= 4 is 28.3 Å². The highest BCUT2D eigenvalue weighted by Crippen LogP contribution is 2.17. The molecule has 2 rings (SSSR count). The number of anilines is 1. The van der Waals surface area contributed by atoms with Crippen molar-refractivity contribution in [1.82, 2.24) is 10.0 Å². The van der Waals surface area contributed by atoms with Gasteiger partial charge in [0.25, 0.3) is 5.91 Å². The number of aromatic nitrogens is 1. The Morgan fingerprint density at radius 3 is 2.71 bits per heavy atom. The lowest BCUT2D eigenvalue weighted by Crippen LogP contribution is -2.25. The molecule has 110 valence electrons. The van der Waals surface area contributed by atoms with Gasteiger partial charge in [-0.25, -0.2) is 10.0 Å². The van der Waals surface area contributed by atoms with E-state index in [1.807, 2.05) is 30.3 Å². The van der Waals surface area contributed by atoms with Crippen LogP contribution in [0, 0.1) is 0 Å². The van der Waals surface area contributed by atoms with Crippen LogP contribution in [0.5, 0.6) is 0 Å². The molecule has 21 heavy (non-hydrogen) atoms. The molecule has 0 atom stereocenters. The summed E-state index contributed by atoms with van der Waals surface area (Å²) in [5, 5.41) is 5.73. The van der Waals surface area contributed by atoms with Gasteiger partial charge in [0.2, 0.25) is 5.91 Å². The number of nitrogens with one attached hydrogen (secondary N) is 1. The molecule has 1 aromatic carbocycles. The van der Waals surface area contributed by atoms with Crippen LogP contribution in [0.3, 0.4) is 0 Å². The highest BCUT2D eigenvalue weighted by Gasteiger charge is 2.16. The minimum absolute atomic E-state index is 0.172. The van der Waals surface area contributed by atoms with Gasteiger partial charge < -0.3 is 5.32 Å². The van der Waals surface area contributed by atoms with Crippen LogP contribution in [-0.4, -0.2) is 36.0 Å². The van der Waals surface area contributed by atoms with Crippen molar-refractivity contribution in [3.8, 4) is 0 Å². The van der Waals surface area contributed by atoms with E-state index in [4.69, 9.17) is 4.84 Å². The molecule has 0 radical (unpaired) electrons. The zero-order valence-corrected chi connectivity index (χ0v) is 12.5. The van der Waals surface area contributed by atoms with E-state index < -0.39 is 0 Å². The van der Waals surface area contributed by atoms with Crippen LogP contribution in [0.25, 0.3) is 0 Å². The molecule has 0 fully saturated rings. The molecule has 2 aromatic rings. The fourth-order valence-electron chi connectivity index (χ4n) is 1.62. The van der Waals surface area contributed by atoms with E-state index in [1.54, 1.807) is 5.38 Å².